The SMILES string of the molecule is CCOc1ccc([C@@H](CN2CC[C@H](O)C2)N(C)C(=O)n2cnc3c(=O)[nH]c(=O)[nH]c32)cc1. The number of hydrogen-bond donors (Lipinski definition) is 3. The van der Waals surface area contributed by atoms with Crippen molar-refractivity contribution < 1.29 is 14.6 Å². The summed E-state index contributed by atoms with van der Waals surface area (Å²) < 4.78 is 6.68. The molecule has 32 heavy (non-hydrogen) atoms. The van der Waals surface area contributed by atoms with E-state index in [9.17, 15) is 19.5 Å². The molecule has 1 saturated heterocycles. The lowest BCUT2D eigenvalue weighted by Crippen LogP contribution is -2.41. The van der Waals surface area contributed by atoms with Gasteiger partial charge in [0.25, 0.3) is 5.56 Å². The molecule has 0 saturated carbocycles. The molecular formula is C21H26N6O5. The Morgan fingerprint density at radius 1 is 1.31 bits per heavy atom. The van der Waals surface area contributed by atoms with Crippen LogP contribution < -0.4 is 16.0 Å². The molecule has 0 unspecified atom stereocenters. The van der Waals surface area contributed by atoms with Crippen LogP contribution in [-0.2, 0) is 0 Å². The number of ether oxygens (including phenoxy) is 1. The number of imidazole rings is 1. The van der Waals surface area contributed by atoms with Crippen molar-refractivity contribution in [1.82, 2.24) is 29.3 Å². The van der Waals surface area contributed by atoms with Crippen LogP contribution in [0.25, 0.3) is 11.2 Å². The van der Waals surface area contributed by atoms with E-state index in [1.807, 2.05) is 31.2 Å². The van der Waals surface area contributed by atoms with Crippen LogP contribution in [-0.4, -0.2) is 79.8 Å². The van der Waals surface area contributed by atoms with E-state index in [1.54, 1.807) is 11.9 Å². The van der Waals surface area contributed by atoms with Crippen molar-refractivity contribution in [2.24, 2.45) is 0 Å². The van der Waals surface area contributed by atoms with Gasteiger partial charge in [0.15, 0.2) is 11.2 Å². The number of nitrogens with zero attached hydrogens (tertiary/aromatic N) is 4. The lowest BCUT2D eigenvalue weighted by molar-refractivity contribution is 0.151. The highest BCUT2D eigenvalue weighted by molar-refractivity contribution is 5.86. The number of aliphatic hydroxyl groups is 1. The smallest absolute Gasteiger partial charge is 0.331 e. The summed E-state index contributed by atoms with van der Waals surface area (Å²) in [6, 6.07) is 6.72. The summed E-state index contributed by atoms with van der Waals surface area (Å²) in [6.07, 6.45) is 1.53. The Hall–Kier alpha value is -3.44. The summed E-state index contributed by atoms with van der Waals surface area (Å²) in [4.78, 5) is 49.3. The van der Waals surface area contributed by atoms with E-state index in [2.05, 4.69) is 19.9 Å². The lowest BCUT2D eigenvalue weighted by atomic mass is 10.0. The van der Waals surface area contributed by atoms with Gasteiger partial charge in [-0.15, -0.1) is 0 Å². The summed E-state index contributed by atoms with van der Waals surface area (Å²) in [5, 5.41) is 9.93. The number of H-pyrrole nitrogens is 2. The van der Waals surface area contributed by atoms with Crippen LogP contribution in [0.2, 0.25) is 0 Å². The van der Waals surface area contributed by atoms with Crippen LogP contribution in [0.4, 0.5) is 4.79 Å². The van der Waals surface area contributed by atoms with Gasteiger partial charge in [-0.25, -0.2) is 19.1 Å². The van der Waals surface area contributed by atoms with Crippen molar-refractivity contribution in [2.45, 2.75) is 25.5 Å². The molecule has 1 aromatic carbocycles. The molecule has 3 N–H and O–H groups in total. The Kier molecular flexibility index (Phi) is 6.10. The minimum atomic E-state index is -0.714. The number of nitrogens with one attached hydrogen (secondary N) is 2. The first-order chi connectivity index (χ1) is 15.4. The molecule has 170 valence electrons. The highest BCUT2D eigenvalue weighted by Crippen LogP contribution is 2.26. The number of β-amino-alcohol motifs (C(OH)–C–C–N with tert-alkyl or cyclic N) is 1. The van der Waals surface area contributed by atoms with Crippen LogP contribution >= 0.6 is 0 Å². The second kappa shape index (κ2) is 8.97. The van der Waals surface area contributed by atoms with Crippen molar-refractivity contribution in [3.63, 3.8) is 0 Å². The Morgan fingerprint density at radius 3 is 2.72 bits per heavy atom. The summed E-state index contributed by atoms with van der Waals surface area (Å²) in [5.74, 6) is 0.734. The van der Waals surface area contributed by atoms with Gasteiger partial charge in [0.2, 0.25) is 0 Å². The predicted molar refractivity (Wildman–Crippen MR) is 117 cm³/mol. The molecule has 3 aromatic rings. The zero-order chi connectivity index (χ0) is 22.8. The molecule has 0 spiro atoms. The van der Waals surface area contributed by atoms with Crippen LogP contribution in [0.3, 0.4) is 0 Å². The van der Waals surface area contributed by atoms with E-state index in [1.165, 1.54) is 6.33 Å². The molecule has 4 rings (SSSR count). The van der Waals surface area contributed by atoms with Crippen molar-refractivity contribution in [2.75, 3.05) is 33.3 Å². The molecule has 1 fully saturated rings. The number of amides is 1. The third kappa shape index (κ3) is 4.30. The van der Waals surface area contributed by atoms with E-state index < -0.39 is 17.3 Å². The van der Waals surface area contributed by atoms with E-state index in [0.29, 0.717) is 26.1 Å². The first kappa shape index (κ1) is 21.8. The Bertz CT molecular complexity index is 1210. The normalized spacial score (nSPS) is 17.5. The van der Waals surface area contributed by atoms with Crippen molar-refractivity contribution in [3.8, 4) is 5.75 Å². The number of likely N-dealkylation sites (tertiary alicyclic amines) is 1. The molecule has 11 nitrogen and oxygen atoms in total. The number of aliphatic hydroxyl groups excluding tert-OH is 1. The summed E-state index contributed by atoms with van der Waals surface area (Å²) in [5.41, 5.74) is -0.466. The average molecular weight is 442 g/mol. The lowest BCUT2D eigenvalue weighted by Gasteiger charge is -2.32. The van der Waals surface area contributed by atoms with Crippen molar-refractivity contribution >= 4 is 17.2 Å². The fourth-order valence-electron chi connectivity index (χ4n) is 4.01. The number of benzene rings is 1. The number of hydrogen-bond acceptors (Lipinski definition) is 7. The number of rotatable bonds is 6. The first-order valence-electron chi connectivity index (χ1n) is 10.5. The molecule has 2 atom stereocenters. The van der Waals surface area contributed by atoms with Crippen molar-refractivity contribution in [1.29, 1.82) is 0 Å². The average Bonchev–Trinajstić information content (AvgIpc) is 3.38. The Labute approximate surface area is 183 Å². The monoisotopic (exact) mass is 442 g/mol. The number of fused-ring (bicyclic) bond motifs is 1. The van der Waals surface area contributed by atoms with Gasteiger partial charge in [-0.2, -0.15) is 0 Å². The number of carbonyl (C=O) groups is 1. The van der Waals surface area contributed by atoms with Gasteiger partial charge < -0.3 is 14.7 Å². The molecular weight excluding hydrogens is 416 g/mol. The largest absolute Gasteiger partial charge is 0.494 e. The molecule has 0 bridgehead atoms. The van der Waals surface area contributed by atoms with Gasteiger partial charge >= 0.3 is 11.7 Å². The van der Waals surface area contributed by atoms with Crippen LogP contribution in [0, 0.1) is 0 Å². The fraction of sp³-hybridized carbons (Fsp3) is 0.429. The second-order valence-electron chi connectivity index (χ2n) is 7.83. The zero-order valence-electron chi connectivity index (χ0n) is 17.9. The van der Waals surface area contributed by atoms with Gasteiger partial charge in [0.05, 0.1) is 18.8 Å². The van der Waals surface area contributed by atoms with E-state index >= 15 is 0 Å². The number of aromatic amines is 2. The van der Waals surface area contributed by atoms with Gasteiger partial charge in [-0.05, 0) is 31.0 Å². The number of aromatic nitrogens is 4. The molecule has 3 heterocycles. The maximum atomic E-state index is 13.4. The van der Waals surface area contributed by atoms with Gasteiger partial charge in [-0.1, -0.05) is 12.1 Å². The van der Waals surface area contributed by atoms with Crippen LogP contribution in [0.1, 0.15) is 24.9 Å². The quantitative estimate of drug-likeness (QED) is 0.506. The Balaban J connectivity index is 1.67. The zero-order valence-corrected chi connectivity index (χ0v) is 17.9. The van der Waals surface area contributed by atoms with E-state index in [4.69, 9.17) is 4.74 Å². The van der Waals surface area contributed by atoms with Crippen molar-refractivity contribution in [3.05, 3.63) is 57.0 Å². The van der Waals surface area contributed by atoms with Gasteiger partial charge in [0.1, 0.15) is 12.1 Å². The van der Waals surface area contributed by atoms with E-state index in [0.717, 1.165) is 22.4 Å². The van der Waals surface area contributed by atoms with E-state index in [-0.39, 0.29) is 23.3 Å². The van der Waals surface area contributed by atoms with Gasteiger partial charge in [-0.3, -0.25) is 19.7 Å². The first-order valence-corrected chi connectivity index (χ1v) is 10.5. The molecule has 1 aliphatic heterocycles. The molecule has 2 aromatic heterocycles. The second-order valence-corrected chi connectivity index (χ2v) is 7.83. The standard InChI is InChI=1S/C21H26N6O5/c1-3-32-15-6-4-13(5-7-15)16(11-26-9-8-14(28)10-26)25(2)21(31)27-12-22-17-18(27)23-20(30)24-19(17)29/h4-7,12,14,16,28H,3,8-11H2,1-2H3,(H2,23,24,29,30)/t14-,16+/m0/s1. The highest BCUT2D eigenvalue weighted by Gasteiger charge is 2.29. The molecule has 0 radical (unpaired) electrons. The van der Waals surface area contributed by atoms with Gasteiger partial charge in [0, 0.05) is 26.7 Å². The molecule has 1 amide bonds. The molecule has 11 heteroatoms. The number of carbonyl (C=O) groups excluding carboxylic acids is 1. The maximum absolute atomic E-state index is 13.4. The molecule has 1 aliphatic rings. The summed E-state index contributed by atoms with van der Waals surface area (Å²) >= 11 is 0. The van der Waals surface area contributed by atoms with Crippen LogP contribution in [0.15, 0.2) is 40.2 Å². The maximum Gasteiger partial charge on any atom is 0.331 e. The van der Waals surface area contributed by atoms with Crippen LogP contribution in [0.5, 0.6) is 5.75 Å². The third-order valence-corrected chi connectivity index (χ3v) is 5.67. The highest BCUT2D eigenvalue weighted by atomic mass is 16.5. The summed E-state index contributed by atoms with van der Waals surface area (Å²) in [6.45, 7) is 4.24. The predicted octanol–water partition coefficient (Wildman–Crippen LogP) is 0.519. The molecule has 0 aliphatic carbocycles. The Morgan fingerprint density at radius 2 is 2.06 bits per heavy atom. The topological polar surface area (TPSA) is 137 Å². The third-order valence-electron chi connectivity index (χ3n) is 5.67. The fourth-order valence-corrected chi connectivity index (χ4v) is 4.01. The summed E-state index contributed by atoms with van der Waals surface area (Å²) in [7, 11) is 1.66. The minimum absolute atomic E-state index is 0.0216. The number of likely N-dealkylation sites (N-methyl/N-ethyl adjacent to an activating group) is 1. The minimum Gasteiger partial charge on any atom is -0.494 e.